The minimum Gasteiger partial charge on any atom is -0.482 e. The van der Waals surface area contributed by atoms with Crippen LogP contribution in [0.2, 0.25) is 0 Å². The molecular formula is C25H19F3N4O4. The van der Waals surface area contributed by atoms with Crippen molar-refractivity contribution in [1.29, 1.82) is 0 Å². The van der Waals surface area contributed by atoms with Gasteiger partial charge in [-0.3, -0.25) is 4.79 Å². The van der Waals surface area contributed by atoms with Crippen LogP contribution in [-0.4, -0.2) is 27.2 Å². The molecule has 0 bridgehead atoms. The van der Waals surface area contributed by atoms with Crippen LogP contribution in [0.25, 0.3) is 11.0 Å². The second kappa shape index (κ2) is 8.14. The number of aromatic nitrogens is 3. The average Bonchev–Trinajstić information content (AvgIpc) is 3.38. The van der Waals surface area contributed by atoms with Crippen LogP contribution in [0.3, 0.4) is 0 Å². The number of imidazole rings is 1. The van der Waals surface area contributed by atoms with Crippen molar-refractivity contribution < 1.29 is 32.2 Å². The highest BCUT2D eigenvalue weighted by molar-refractivity contribution is 5.93. The van der Waals surface area contributed by atoms with Gasteiger partial charge in [0, 0.05) is 35.7 Å². The van der Waals surface area contributed by atoms with Gasteiger partial charge in [0.2, 0.25) is 5.91 Å². The molecule has 2 aliphatic heterocycles. The first kappa shape index (κ1) is 22.2. The lowest BCUT2D eigenvalue weighted by Gasteiger charge is -2.19. The Hall–Kier alpha value is -4.28. The molecule has 2 aliphatic rings. The first-order chi connectivity index (χ1) is 17.2. The number of H-pyrrole nitrogens is 1. The molecular weight excluding hydrogens is 477 g/mol. The molecule has 0 radical (unpaired) electrons. The Morgan fingerprint density at radius 3 is 2.75 bits per heavy atom. The van der Waals surface area contributed by atoms with Crippen molar-refractivity contribution >= 4 is 22.8 Å². The highest BCUT2D eigenvalue weighted by Gasteiger charge is 2.35. The van der Waals surface area contributed by atoms with Crippen molar-refractivity contribution in [2.24, 2.45) is 0 Å². The highest BCUT2D eigenvalue weighted by Crippen LogP contribution is 2.47. The molecule has 4 aromatic rings. The molecule has 184 valence electrons. The van der Waals surface area contributed by atoms with Crippen LogP contribution in [0.5, 0.6) is 23.0 Å². The average molecular weight is 496 g/mol. The molecule has 11 heteroatoms. The molecule has 0 aliphatic carbocycles. The zero-order valence-electron chi connectivity index (χ0n) is 18.8. The van der Waals surface area contributed by atoms with Gasteiger partial charge in [-0.1, -0.05) is 6.92 Å². The van der Waals surface area contributed by atoms with E-state index in [0.717, 1.165) is 11.1 Å². The summed E-state index contributed by atoms with van der Waals surface area (Å²) in [4.78, 5) is 23.5. The number of anilines is 1. The molecule has 2 aromatic heterocycles. The summed E-state index contributed by atoms with van der Waals surface area (Å²) < 4.78 is 54.0. The van der Waals surface area contributed by atoms with Gasteiger partial charge in [0.15, 0.2) is 6.10 Å². The van der Waals surface area contributed by atoms with Crippen LogP contribution in [0.15, 0.2) is 48.7 Å². The van der Waals surface area contributed by atoms with Crippen molar-refractivity contribution in [2.75, 3.05) is 5.32 Å². The van der Waals surface area contributed by atoms with Gasteiger partial charge in [-0.15, -0.1) is 13.2 Å². The summed E-state index contributed by atoms with van der Waals surface area (Å²) in [7, 11) is 0. The number of halogens is 3. The number of nitrogens with zero attached hydrogens (tertiary/aromatic N) is 2. The van der Waals surface area contributed by atoms with E-state index in [2.05, 4.69) is 25.0 Å². The number of carbonyl (C=O) groups is 1. The number of aromatic amines is 1. The number of pyridine rings is 1. The van der Waals surface area contributed by atoms with Crippen LogP contribution in [-0.2, 0) is 11.2 Å². The number of rotatable bonds is 4. The Kier molecular flexibility index (Phi) is 5.02. The molecule has 0 saturated carbocycles. The fraction of sp³-hybridized carbons (Fsp3) is 0.240. The number of hydrogen-bond acceptors (Lipinski definition) is 6. The lowest BCUT2D eigenvalue weighted by Crippen LogP contribution is -2.20. The number of amides is 1. The van der Waals surface area contributed by atoms with E-state index in [1.54, 1.807) is 18.3 Å². The van der Waals surface area contributed by atoms with Gasteiger partial charge in [0.1, 0.15) is 34.6 Å². The fourth-order valence-corrected chi connectivity index (χ4v) is 4.57. The molecule has 2 N–H and O–H groups in total. The van der Waals surface area contributed by atoms with E-state index in [9.17, 15) is 18.0 Å². The number of nitrogens with one attached hydrogen (secondary N) is 2. The second-order valence-corrected chi connectivity index (χ2v) is 8.66. The first-order valence-corrected chi connectivity index (χ1v) is 11.2. The number of carbonyl (C=O) groups excluding carboxylic acids is 1. The summed E-state index contributed by atoms with van der Waals surface area (Å²) >= 11 is 0. The molecule has 36 heavy (non-hydrogen) atoms. The van der Waals surface area contributed by atoms with Crippen LogP contribution in [0, 0.1) is 0 Å². The van der Waals surface area contributed by atoms with E-state index in [1.165, 1.54) is 18.2 Å². The third kappa shape index (κ3) is 4.06. The number of benzene rings is 2. The van der Waals surface area contributed by atoms with Crippen molar-refractivity contribution in [3.05, 3.63) is 65.6 Å². The molecule has 6 rings (SSSR count). The minimum absolute atomic E-state index is 0.0728. The molecule has 4 heterocycles. The van der Waals surface area contributed by atoms with E-state index in [0.29, 0.717) is 52.8 Å². The van der Waals surface area contributed by atoms with Gasteiger partial charge in [0.05, 0.1) is 11.0 Å². The predicted molar refractivity (Wildman–Crippen MR) is 122 cm³/mol. The van der Waals surface area contributed by atoms with Gasteiger partial charge in [-0.2, -0.15) is 0 Å². The van der Waals surface area contributed by atoms with Crippen LogP contribution in [0.4, 0.5) is 19.0 Å². The summed E-state index contributed by atoms with van der Waals surface area (Å²) in [6, 6.07) is 11.2. The van der Waals surface area contributed by atoms with Gasteiger partial charge in [-0.25, -0.2) is 9.97 Å². The van der Waals surface area contributed by atoms with Crippen molar-refractivity contribution in [1.82, 2.24) is 15.0 Å². The summed E-state index contributed by atoms with van der Waals surface area (Å²) in [6.07, 6.45) is -2.74. The molecule has 0 fully saturated rings. The molecule has 8 nitrogen and oxygen atoms in total. The number of alkyl halides is 3. The highest BCUT2D eigenvalue weighted by atomic mass is 19.4. The second-order valence-electron chi connectivity index (χ2n) is 8.66. The maximum Gasteiger partial charge on any atom is 0.573 e. The Morgan fingerprint density at radius 1 is 1.08 bits per heavy atom. The predicted octanol–water partition coefficient (Wildman–Crippen LogP) is 5.77. The zero-order valence-corrected chi connectivity index (χ0v) is 18.8. The molecule has 0 spiro atoms. The van der Waals surface area contributed by atoms with Crippen molar-refractivity contribution in [3.8, 4) is 23.0 Å². The molecule has 2 unspecified atom stereocenters. The topological polar surface area (TPSA) is 98.4 Å². The largest absolute Gasteiger partial charge is 0.573 e. The number of ether oxygens (including phenoxy) is 3. The van der Waals surface area contributed by atoms with E-state index in [-0.39, 0.29) is 17.6 Å². The number of hydrogen-bond donors (Lipinski definition) is 2. The summed E-state index contributed by atoms with van der Waals surface area (Å²) in [5, 5.41) is 2.76. The maximum atomic E-state index is 12.6. The molecule has 2 atom stereocenters. The smallest absolute Gasteiger partial charge is 0.482 e. The Labute approximate surface area is 202 Å². The van der Waals surface area contributed by atoms with Crippen molar-refractivity contribution in [3.63, 3.8) is 0 Å². The van der Waals surface area contributed by atoms with E-state index in [4.69, 9.17) is 9.47 Å². The maximum absolute atomic E-state index is 12.6. The monoisotopic (exact) mass is 496 g/mol. The third-order valence-corrected chi connectivity index (χ3v) is 6.26. The standard InChI is InChI=1S/C25H19F3N4O4/c1-12-16-10-13(34-20-8-9-29-23-15(20)4-7-21(33)32-23)3-6-19(16)35-22(12)24-30-17-5-2-14(11-18(17)31-24)36-25(26,27)28/h2-3,5-6,8-12,22H,4,7H2,1H3,(H,30,31)(H,29,32,33). The SMILES string of the molecule is CC1c2cc(Oc3ccnc4c3CCC(=O)N4)ccc2OC1c1nc2ccc(OC(F)(F)F)cc2[nH]1. The summed E-state index contributed by atoms with van der Waals surface area (Å²) in [6.45, 7) is 1.98. The fourth-order valence-electron chi connectivity index (χ4n) is 4.57. The Bertz CT molecular complexity index is 1500. The van der Waals surface area contributed by atoms with E-state index < -0.39 is 12.5 Å². The van der Waals surface area contributed by atoms with Gasteiger partial charge in [0.25, 0.3) is 0 Å². The Morgan fingerprint density at radius 2 is 1.92 bits per heavy atom. The van der Waals surface area contributed by atoms with Gasteiger partial charge in [-0.05, 0) is 42.8 Å². The van der Waals surface area contributed by atoms with Crippen molar-refractivity contribution in [2.45, 2.75) is 38.1 Å². The van der Waals surface area contributed by atoms with Crippen LogP contribution in [0.1, 0.15) is 42.3 Å². The van der Waals surface area contributed by atoms with Gasteiger partial charge < -0.3 is 24.5 Å². The number of fused-ring (bicyclic) bond motifs is 3. The summed E-state index contributed by atoms with van der Waals surface area (Å²) in [5.41, 5.74) is 2.67. The van der Waals surface area contributed by atoms with Crippen LogP contribution < -0.4 is 19.5 Å². The lowest BCUT2D eigenvalue weighted by molar-refractivity contribution is -0.274. The Balaban J connectivity index is 1.24. The summed E-state index contributed by atoms with van der Waals surface area (Å²) in [5.74, 6) is 2.40. The quantitative estimate of drug-likeness (QED) is 0.372. The molecule has 1 amide bonds. The van der Waals surface area contributed by atoms with E-state index in [1.807, 2.05) is 19.1 Å². The minimum atomic E-state index is -4.77. The van der Waals surface area contributed by atoms with Gasteiger partial charge >= 0.3 is 6.36 Å². The van der Waals surface area contributed by atoms with Crippen LogP contribution >= 0.6 is 0 Å². The molecule has 0 saturated heterocycles. The first-order valence-electron chi connectivity index (χ1n) is 11.2. The normalized spacial score (nSPS) is 18.8. The van der Waals surface area contributed by atoms with E-state index >= 15 is 0 Å². The molecule has 2 aromatic carbocycles. The zero-order chi connectivity index (χ0) is 25.0. The lowest BCUT2D eigenvalue weighted by atomic mass is 9.97. The third-order valence-electron chi connectivity index (χ3n) is 6.26.